The molecule has 0 radical (unpaired) electrons. The molecule has 0 aliphatic carbocycles. The molecule has 0 bridgehead atoms. The van der Waals surface area contributed by atoms with Gasteiger partial charge in [-0.2, -0.15) is 5.26 Å². The summed E-state index contributed by atoms with van der Waals surface area (Å²) in [4.78, 5) is 0. The zero-order chi connectivity index (χ0) is 11.7. The Kier molecular flexibility index (Phi) is 7.72. The van der Waals surface area contributed by atoms with Crippen LogP contribution in [0, 0.1) is 11.3 Å². The third kappa shape index (κ3) is 7.58. The second-order valence-electron chi connectivity index (χ2n) is 4.71. The molecule has 0 rings (SSSR count). The van der Waals surface area contributed by atoms with E-state index in [-0.39, 0.29) is 0 Å². The number of nitriles is 1. The topological polar surface area (TPSA) is 33.0 Å². The summed E-state index contributed by atoms with van der Waals surface area (Å²) in [6.45, 7) is 8.93. The van der Waals surface area contributed by atoms with Crippen molar-refractivity contribution in [3.63, 3.8) is 0 Å². The molecule has 1 atom stereocenters. The van der Waals surface area contributed by atoms with E-state index in [0.717, 1.165) is 18.9 Å². The normalized spacial score (nSPS) is 13.5. The Morgan fingerprint density at radius 2 is 2.00 bits per heavy atom. The van der Waals surface area contributed by atoms with Crippen molar-refractivity contribution < 1.29 is 4.43 Å². The van der Waals surface area contributed by atoms with Gasteiger partial charge in [0.25, 0.3) is 0 Å². The van der Waals surface area contributed by atoms with Crippen LogP contribution >= 0.6 is 0 Å². The van der Waals surface area contributed by atoms with Crippen LogP contribution < -0.4 is 0 Å². The van der Waals surface area contributed by atoms with Crippen LogP contribution in [0.4, 0.5) is 0 Å². The number of hydrogen-bond acceptors (Lipinski definition) is 2. The van der Waals surface area contributed by atoms with Gasteiger partial charge in [-0.25, -0.2) is 0 Å². The summed E-state index contributed by atoms with van der Waals surface area (Å²) >= 11 is 0. The fourth-order valence-corrected chi connectivity index (χ4v) is 4.10. The Balaban J connectivity index is 3.93. The summed E-state index contributed by atoms with van der Waals surface area (Å²) in [5, 5.41) is 8.50. The minimum absolute atomic E-state index is 0.443. The molecule has 15 heavy (non-hydrogen) atoms. The second-order valence-corrected chi connectivity index (χ2v) is 8.96. The molecule has 1 unspecified atom stereocenters. The monoisotopic (exact) mass is 227 g/mol. The average Bonchev–Trinajstić information content (AvgIpc) is 2.17. The molecule has 0 N–H and O–H groups in total. The number of nitrogens with zero attached hydrogens (tertiary/aromatic N) is 1. The van der Waals surface area contributed by atoms with Crippen LogP contribution in [0.2, 0.25) is 19.1 Å². The minimum Gasteiger partial charge on any atom is -0.414 e. The summed E-state index contributed by atoms with van der Waals surface area (Å²) in [6.07, 6.45) is 5.59. The molecule has 0 fully saturated rings. The zero-order valence-electron chi connectivity index (χ0n) is 10.7. The third-order valence-corrected chi connectivity index (χ3v) is 5.15. The van der Waals surface area contributed by atoms with Crippen molar-refractivity contribution in [1.29, 1.82) is 5.26 Å². The summed E-state index contributed by atoms with van der Waals surface area (Å²) < 4.78 is 6.20. The molecule has 2 nitrogen and oxygen atoms in total. The largest absolute Gasteiger partial charge is 0.414 e. The highest BCUT2D eigenvalue weighted by Crippen LogP contribution is 2.20. The molecule has 0 heterocycles. The fourth-order valence-electron chi connectivity index (χ4n) is 1.77. The Morgan fingerprint density at radius 3 is 2.47 bits per heavy atom. The first-order chi connectivity index (χ1) is 7.05. The molecule has 0 aliphatic rings. The third-order valence-electron chi connectivity index (χ3n) is 2.62. The first kappa shape index (κ1) is 14.7. The van der Waals surface area contributed by atoms with E-state index in [1.807, 2.05) is 0 Å². The molecule has 0 amide bonds. The quantitative estimate of drug-likeness (QED) is 0.462. The predicted molar refractivity (Wildman–Crippen MR) is 67.2 cm³/mol. The van der Waals surface area contributed by atoms with Crippen molar-refractivity contribution in [3.05, 3.63) is 0 Å². The summed E-state index contributed by atoms with van der Waals surface area (Å²) in [6, 6.07) is 3.31. The van der Waals surface area contributed by atoms with Crippen LogP contribution in [0.1, 0.15) is 46.0 Å². The Bertz CT molecular complexity index is 198. The van der Waals surface area contributed by atoms with E-state index in [9.17, 15) is 0 Å². The van der Waals surface area contributed by atoms with Gasteiger partial charge in [-0.1, -0.05) is 20.3 Å². The van der Waals surface area contributed by atoms with Crippen molar-refractivity contribution in [3.8, 4) is 6.07 Å². The summed E-state index contributed by atoms with van der Waals surface area (Å²) in [5.74, 6) is 0. The SMILES string of the molecule is CCCC(CC)O[Si](C)(C)CCCC#N. The zero-order valence-corrected chi connectivity index (χ0v) is 11.7. The van der Waals surface area contributed by atoms with E-state index >= 15 is 0 Å². The van der Waals surface area contributed by atoms with Gasteiger partial charge in [-0.15, -0.1) is 0 Å². The van der Waals surface area contributed by atoms with Gasteiger partial charge in [0.1, 0.15) is 0 Å². The lowest BCUT2D eigenvalue weighted by Crippen LogP contribution is -2.35. The molecule has 0 saturated carbocycles. The van der Waals surface area contributed by atoms with Crippen LogP contribution in [0.5, 0.6) is 0 Å². The van der Waals surface area contributed by atoms with Gasteiger partial charge in [0.2, 0.25) is 0 Å². The van der Waals surface area contributed by atoms with E-state index in [4.69, 9.17) is 9.69 Å². The van der Waals surface area contributed by atoms with Crippen molar-refractivity contribution >= 4 is 8.32 Å². The molecular weight excluding hydrogens is 202 g/mol. The maximum atomic E-state index is 8.50. The van der Waals surface area contributed by atoms with E-state index < -0.39 is 8.32 Å². The molecule has 88 valence electrons. The lowest BCUT2D eigenvalue weighted by atomic mass is 10.2. The molecule has 0 aromatic carbocycles. The smallest absolute Gasteiger partial charge is 0.187 e. The molecule has 0 aliphatic heterocycles. The molecular formula is C12H25NOSi. The van der Waals surface area contributed by atoms with E-state index in [1.54, 1.807) is 0 Å². The lowest BCUT2D eigenvalue weighted by Gasteiger charge is -2.28. The second kappa shape index (κ2) is 7.89. The van der Waals surface area contributed by atoms with Gasteiger partial charge >= 0.3 is 0 Å². The summed E-state index contributed by atoms with van der Waals surface area (Å²) in [5.41, 5.74) is 0. The van der Waals surface area contributed by atoms with Crippen molar-refractivity contribution in [2.75, 3.05) is 0 Å². The van der Waals surface area contributed by atoms with Crippen molar-refractivity contribution in [2.45, 2.75) is 71.2 Å². The fraction of sp³-hybridized carbons (Fsp3) is 0.917. The van der Waals surface area contributed by atoms with E-state index in [0.29, 0.717) is 12.5 Å². The number of hydrogen-bond donors (Lipinski definition) is 0. The van der Waals surface area contributed by atoms with Crippen LogP contribution in [-0.4, -0.2) is 14.4 Å². The van der Waals surface area contributed by atoms with E-state index in [2.05, 4.69) is 33.0 Å². The van der Waals surface area contributed by atoms with Gasteiger partial charge in [-0.05, 0) is 38.4 Å². The van der Waals surface area contributed by atoms with Gasteiger partial charge < -0.3 is 4.43 Å². The highest BCUT2D eigenvalue weighted by atomic mass is 28.4. The average molecular weight is 227 g/mol. The number of rotatable bonds is 8. The molecule has 0 spiro atoms. The maximum absolute atomic E-state index is 8.50. The van der Waals surface area contributed by atoms with Gasteiger partial charge in [0, 0.05) is 12.5 Å². The Hall–Kier alpha value is -0.333. The predicted octanol–water partition coefficient (Wildman–Crippen LogP) is 4.09. The van der Waals surface area contributed by atoms with E-state index in [1.165, 1.54) is 12.8 Å². The van der Waals surface area contributed by atoms with Crippen LogP contribution in [-0.2, 0) is 4.43 Å². The lowest BCUT2D eigenvalue weighted by molar-refractivity contribution is 0.175. The highest BCUT2D eigenvalue weighted by molar-refractivity contribution is 6.71. The summed E-state index contributed by atoms with van der Waals surface area (Å²) in [7, 11) is -1.51. The minimum atomic E-state index is -1.51. The molecule has 3 heteroatoms. The molecule has 0 aromatic rings. The molecule has 0 saturated heterocycles. The van der Waals surface area contributed by atoms with Gasteiger partial charge in [0.15, 0.2) is 8.32 Å². The Labute approximate surface area is 95.8 Å². The van der Waals surface area contributed by atoms with Crippen LogP contribution in [0.25, 0.3) is 0 Å². The number of unbranched alkanes of at least 4 members (excludes halogenated alkanes) is 1. The van der Waals surface area contributed by atoms with Crippen molar-refractivity contribution in [2.24, 2.45) is 0 Å². The standard InChI is InChI=1S/C12H25NOSi/c1-5-9-12(6-2)14-15(3,4)11-8-7-10-13/h12H,5-9,11H2,1-4H3. The van der Waals surface area contributed by atoms with Crippen molar-refractivity contribution in [1.82, 2.24) is 0 Å². The highest BCUT2D eigenvalue weighted by Gasteiger charge is 2.25. The first-order valence-electron chi connectivity index (χ1n) is 6.10. The van der Waals surface area contributed by atoms with Gasteiger partial charge in [0.05, 0.1) is 6.07 Å². The maximum Gasteiger partial charge on any atom is 0.187 e. The Morgan fingerprint density at radius 1 is 1.33 bits per heavy atom. The van der Waals surface area contributed by atoms with Crippen LogP contribution in [0.3, 0.4) is 0 Å². The first-order valence-corrected chi connectivity index (χ1v) is 9.22. The van der Waals surface area contributed by atoms with Crippen LogP contribution in [0.15, 0.2) is 0 Å². The molecule has 0 aromatic heterocycles. The van der Waals surface area contributed by atoms with Gasteiger partial charge in [-0.3, -0.25) is 0 Å².